The van der Waals surface area contributed by atoms with E-state index in [4.69, 9.17) is 4.74 Å². The van der Waals surface area contributed by atoms with Crippen molar-refractivity contribution >= 4 is 21.6 Å². The van der Waals surface area contributed by atoms with Gasteiger partial charge in [-0.25, -0.2) is 8.42 Å². The minimum atomic E-state index is -3.76. The lowest BCUT2D eigenvalue weighted by atomic mass is 10.1. The van der Waals surface area contributed by atoms with Gasteiger partial charge in [-0.2, -0.15) is 4.31 Å². The van der Waals surface area contributed by atoms with Crippen LogP contribution in [0.3, 0.4) is 0 Å². The lowest BCUT2D eigenvalue weighted by Crippen LogP contribution is -2.42. The number of carbonyl (C=O) groups excluding carboxylic acids is 1. The van der Waals surface area contributed by atoms with Gasteiger partial charge in [0.05, 0.1) is 7.11 Å². The molecule has 3 rings (SSSR count). The van der Waals surface area contributed by atoms with Crippen LogP contribution in [0.1, 0.15) is 42.1 Å². The molecular formula is C21H26N2O4S. The molecule has 0 spiro atoms. The monoisotopic (exact) mass is 402 g/mol. The van der Waals surface area contributed by atoms with Gasteiger partial charge in [-0.05, 0) is 62.6 Å². The molecule has 0 aliphatic carbocycles. The molecule has 2 aromatic carbocycles. The zero-order valence-corrected chi connectivity index (χ0v) is 17.3. The maximum absolute atomic E-state index is 13.3. The van der Waals surface area contributed by atoms with Crippen molar-refractivity contribution in [2.75, 3.05) is 19.0 Å². The van der Waals surface area contributed by atoms with Crippen molar-refractivity contribution in [3.63, 3.8) is 0 Å². The highest BCUT2D eigenvalue weighted by Crippen LogP contribution is 2.32. The van der Waals surface area contributed by atoms with Crippen molar-refractivity contribution in [3.8, 4) is 5.75 Å². The van der Waals surface area contributed by atoms with Crippen LogP contribution in [0.15, 0.2) is 47.4 Å². The van der Waals surface area contributed by atoms with E-state index in [2.05, 4.69) is 5.32 Å². The second-order valence-electron chi connectivity index (χ2n) is 7.15. The van der Waals surface area contributed by atoms with Gasteiger partial charge in [0.2, 0.25) is 10.0 Å². The molecule has 0 radical (unpaired) electrons. The zero-order chi connectivity index (χ0) is 20.3. The van der Waals surface area contributed by atoms with Gasteiger partial charge in [-0.1, -0.05) is 18.6 Å². The molecule has 1 atom stereocenters. The number of piperidine rings is 1. The highest BCUT2D eigenvalue weighted by atomic mass is 32.2. The van der Waals surface area contributed by atoms with Gasteiger partial charge in [0.1, 0.15) is 10.6 Å². The second-order valence-corrected chi connectivity index (χ2v) is 9.01. The first kappa shape index (κ1) is 20.4. The van der Waals surface area contributed by atoms with Gasteiger partial charge < -0.3 is 10.1 Å². The number of sulfonamides is 1. The molecule has 7 heteroatoms. The molecule has 0 bridgehead atoms. The van der Waals surface area contributed by atoms with Crippen LogP contribution in [0.5, 0.6) is 5.75 Å². The SMILES string of the molecule is COc1ccc(C(=O)Nc2cccc(C)c2)cc1S(=O)(=O)N1CCCC[C@H]1C. The number of anilines is 1. The topological polar surface area (TPSA) is 75.7 Å². The first-order chi connectivity index (χ1) is 13.3. The van der Waals surface area contributed by atoms with E-state index in [1.165, 1.54) is 23.5 Å². The molecule has 1 saturated heterocycles. The smallest absolute Gasteiger partial charge is 0.255 e. The molecule has 150 valence electrons. The summed E-state index contributed by atoms with van der Waals surface area (Å²) in [5.41, 5.74) is 1.95. The standard InChI is InChI=1S/C21H26N2O4S/c1-15-7-6-9-18(13-15)22-21(24)17-10-11-19(27-3)20(14-17)28(25,26)23-12-5-4-8-16(23)2/h6-7,9-11,13-14,16H,4-5,8,12H2,1-3H3,(H,22,24)/t16-/m1/s1. The largest absolute Gasteiger partial charge is 0.495 e. The van der Waals surface area contributed by atoms with Gasteiger partial charge in [0.15, 0.2) is 0 Å². The van der Waals surface area contributed by atoms with Gasteiger partial charge >= 0.3 is 0 Å². The molecule has 1 aliphatic heterocycles. The number of rotatable bonds is 5. The summed E-state index contributed by atoms with van der Waals surface area (Å²) >= 11 is 0. The molecule has 0 unspecified atom stereocenters. The Hall–Kier alpha value is -2.38. The van der Waals surface area contributed by atoms with Crippen LogP contribution < -0.4 is 10.1 Å². The van der Waals surface area contributed by atoms with Crippen LogP contribution in [-0.4, -0.2) is 38.3 Å². The molecule has 0 saturated carbocycles. The van der Waals surface area contributed by atoms with Crippen molar-refractivity contribution < 1.29 is 17.9 Å². The van der Waals surface area contributed by atoms with E-state index in [0.717, 1.165) is 24.8 Å². The molecule has 1 heterocycles. The third-order valence-corrected chi connectivity index (χ3v) is 7.07. The van der Waals surface area contributed by atoms with E-state index in [0.29, 0.717) is 12.2 Å². The number of nitrogens with zero attached hydrogens (tertiary/aromatic N) is 1. The fraction of sp³-hybridized carbons (Fsp3) is 0.381. The van der Waals surface area contributed by atoms with Crippen LogP contribution in [0.4, 0.5) is 5.69 Å². The number of amides is 1. The Balaban J connectivity index is 1.94. The maximum Gasteiger partial charge on any atom is 0.255 e. The first-order valence-corrected chi connectivity index (χ1v) is 10.8. The Kier molecular flexibility index (Phi) is 6.05. The Labute approximate surface area is 166 Å². The molecule has 6 nitrogen and oxygen atoms in total. The van der Waals surface area contributed by atoms with Crippen molar-refractivity contribution in [1.29, 1.82) is 0 Å². The maximum atomic E-state index is 13.3. The average Bonchev–Trinajstić information content (AvgIpc) is 2.67. The number of methoxy groups -OCH3 is 1. The Morgan fingerprint density at radius 2 is 1.96 bits per heavy atom. The molecule has 28 heavy (non-hydrogen) atoms. The van der Waals surface area contributed by atoms with Gasteiger partial charge in [-0.15, -0.1) is 0 Å². The average molecular weight is 403 g/mol. The number of hydrogen-bond acceptors (Lipinski definition) is 4. The lowest BCUT2D eigenvalue weighted by molar-refractivity contribution is 0.102. The normalized spacial score (nSPS) is 17.9. The summed E-state index contributed by atoms with van der Waals surface area (Å²) in [5, 5.41) is 2.82. The predicted octanol–water partition coefficient (Wildman–Crippen LogP) is 3.82. The van der Waals surface area contributed by atoms with E-state index < -0.39 is 10.0 Å². The van der Waals surface area contributed by atoms with Crippen molar-refractivity contribution in [1.82, 2.24) is 4.31 Å². The van der Waals surface area contributed by atoms with E-state index in [9.17, 15) is 13.2 Å². The summed E-state index contributed by atoms with van der Waals surface area (Å²) in [6.07, 6.45) is 2.68. The molecule has 0 aromatic heterocycles. The van der Waals surface area contributed by atoms with E-state index >= 15 is 0 Å². The Bertz CT molecular complexity index is 972. The number of nitrogens with one attached hydrogen (secondary N) is 1. The molecule has 1 amide bonds. The zero-order valence-electron chi connectivity index (χ0n) is 16.4. The summed E-state index contributed by atoms with van der Waals surface area (Å²) in [6.45, 7) is 4.33. The highest BCUT2D eigenvalue weighted by molar-refractivity contribution is 7.89. The van der Waals surface area contributed by atoms with E-state index in [1.54, 1.807) is 12.1 Å². The Morgan fingerprint density at radius 3 is 2.64 bits per heavy atom. The molecule has 1 N–H and O–H groups in total. The molecule has 2 aromatic rings. The molecule has 1 fully saturated rings. The molecule has 1 aliphatic rings. The number of carbonyl (C=O) groups is 1. The summed E-state index contributed by atoms with van der Waals surface area (Å²) in [6, 6.07) is 11.9. The van der Waals surface area contributed by atoms with Gasteiger partial charge in [-0.3, -0.25) is 4.79 Å². The summed E-state index contributed by atoms with van der Waals surface area (Å²) < 4.78 is 33.3. The number of aryl methyl sites for hydroxylation is 1. The predicted molar refractivity (Wildman–Crippen MR) is 109 cm³/mol. The minimum absolute atomic E-state index is 0.0284. The van der Waals surface area contributed by atoms with Crippen LogP contribution in [0.2, 0.25) is 0 Å². The number of benzene rings is 2. The number of ether oxygens (including phenoxy) is 1. The van der Waals surface area contributed by atoms with Gasteiger partial charge in [0.25, 0.3) is 5.91 Å². The molecular weight excluding hydrogens is 376 g/mol. The van der Waals surface area contributed by atoms with E-state index in [-0.39, 0.29) is 28.2 Å². The second kappa shape index (κ2) is 8.32. The third kappa shape index (κ3) is 4.20. The van der Waals surface area contributed by atoms with Gasteiger partial charge in [0, 0.05) is 23.8 Å². The van der Waals surface area contributed by atoms with Crippen molar-refractivity contribution in [2.24, 2.45) is 0 Å². The van der Waals surface area contributed by atoms with Crippen LogP contribution in [-0.2, 0) is 10.0 Å². The highest BCUT2D eigenvalue weighted by Gasteiger charge is 2.33. The van der Waals surface area contributed by atoms with Crippen molar-refractivity contribution in [2.45, 2.75) is 44.0 Å². The van der Waals surface area contributed by atoms with Crippen molar-refractivity contribution in [3.05, 3.63) is 53.6 Å². The Morgan fingerprint density at radius 1 is 1.18 bits per heavy atom. The first-order valence-electron chi connectivity index (χ1n) is 9.41. The quantitative estimate of drug-likeness (QED) is 0.825. The van der Waals surface area contributed by atoms with Crippen LogP contribution in [0.25, 0.3) is 0 Å². The van der Waals surface area contributed by atoms with Crippen LogP contribution in [0, 0.1) is 6.92 Å². The van der Waals surface area contributed by atoms with E-state index in [1.807, 2.05) is 32.0 Å². The summed E-state index contributed by atoms with van der Waals surface area (Å²) in [7, 11) is -2.33. The lowest BCUT2D eigenvalue weighted by Gasteiger charge is -2.32. The fourth-order valence-corrected chi connectivity index (χ4v) is 5.38. The fourth-order valence-electron chi connectivity index (χ4n) is 3.50. The van der Waals surface area contributed by atoms with Crippen LogP contribution >= 0.6 is 0 Å². The summed E-state index contributed by atoms with van der Waals surface area (Å²) in [4.78, 5) is 12.7. The third-order valence-electron chi connectivity index (χ3n) is 5.03. The number of hydrogen-bond donors (Lipinski definition) is 1. The minimum Gasteiger partial charge on any atom is -0.495 e. The summed E-state index contributed by atoms with van der Waals surface area (Å²) in [5.74, 6) is -0.124.